The third-order valence-electron chi connectivity index (χ3n) is 3.23. The van der Waals surface area contributed by atoms with E-state index in [1.54, 1.807) is 30.5 Å². The van der Waals surface area contributed by atoms with Crippen LogP contribution in [0.3, 0.4) is 0 Å². The SMILES string of the molecule is CC(=O)N[C@@H](CC(=O)NCc1ccccn1)c1ccc(Cl)cc1. The van der Waals surface area contributed by atoms with Crippen molar-refractivity contribution in [2.75, 3.05) is 0 Å². The van der Waals surface area contributed by atoms with Gasteiger partial charge < -0.3 is 10.6 Å². The predicted molar refractivity (Wildman–Crippen MR) is 88.7 cm³/mol. The summed E-state index contributed by atoms with van der Waals surface area (Å²) >= 11 is 5.87. The molecule has 6 heteroatoms. The number of hydrogen-bond donors (Lipinski definition) is 2. The number of carbonyl (C=O) groups is 2. The van der Waals surface area contributed by atoms with Crippen molar-refractivity contribution >= 4 is 23.4 Å². The summed E-state index contributed by atoms with van der Waals surface area (Å²) in [6, 6.07) is 12.2. The molecule has 23 heavy (non-hydrogen) atoms. The van der Waals surface area contributed by atoms with Crippen LogP contribution in [0.4, 0.5) is 0 Å². The van der Waals surface area contributed by atoms with Crippen molar-refractivity contribution in [1.82, 2.24) is 15.6 Å². The van der Waals surface area contributed by atoms with E-state index in [0.717, 1.165) is 11.3 Å². The molecule has 0 unspecified atom stereocenters. The van der Waals surface area contributed by atoms with E-state index >= 15 is 0 Å². The van der Waals surface area contributed by atoms with Gasteiger partial charge >= 0.3 is 0 Å². The minimum absolute atomic E-state index is 0.147. The fourth-order valence-corrected chi connectivity index (χ4v) is 2.27. The molecule has 0 saturated heterocycles. The van der Waals surface area contributed by atoms with Gasteiger partial charge in [0.15, 0.2) is 0 Å². The van der Waals surface area contributed by atoms with Crippen molar-refractivity contribution < 1.29 is 9.59 Å². The Balaban J connectivity index is 1.98. The fraction of sp³-hybridized carbons (Fsp3) is 0.235. The minimum atomic E-state index is -0.395. The third kappa shape index (κ3) is 5.71. The smallest absolute Gasteiger partial charge is 0.222 e. The second-order valence-corrected chi connectivity index (χ2v) is 5.54. The Morgan fingerprint density at radius 3 is 2.52 bits per heavy atom. The lowest BCUT2D eigenvalue weighted by Gasteiger charge is -2.18. The molecule has 0 bridgehead atoms. The predicted octanol–water partition coefficient (Wildman–Crippen LogP) is 2.62. The van der Waals surface area contributed by atoms with Gasteiger partial charge in [0, 0.05) is 18.1 Å². The molecule has 0 radical (unpaired) electrons. The average Bonchev–Trinajstić information content (AvgIpc) is 2.53. The number of pyridine rings is 1. The van der Waals surface area contributed by atoms with Crippen molar-refractivity contribution in [3.05, 3.63) is 64.9 Å². The number of aromatic nitrogens is 1. The van der Waals surface area contributed by atoms with Gasteiger partial charge in [0.2, 0.25) is 11.8 Å². The average molecular weight is 332 g/mol. The minimum Gasteiger partial charge on any atom is -0.350 e. The van der Waals surface area contributed by atoms with Crippen LogP contribution < -0.4 is 10.6 Å². The van der Waals surface area contributed by atoms with Gasteiger partial charge in [0.1, 0.15) is 0 Å². The zero-order valence-corrected chi connectivity index (χ0v) is 13.5. The topological polar surface area (TPSA) is 71.1 Å². The van der Waals surface area contributed by atoms with Crippen LogP contribution in [0.1, 0.15) is 30.6 Å². The maximum atomic E-state index is 12.1. The molecule has 1 aromatic heterocycles. The van der Waals surface area contributed by atoms with E-state index in [2.05, 4.69) is 15.6 Å². The van der Waals surface area contributed by atoms with Gasteiger partial charge in [-0.1, -0.05) is 29.8 Å². The number of nitrogens with zero attached hydrogens (tertiary/aromatic N) is 1. The Morgan fingerprint density at radius 1 is 1.17 bits per heavy atom. The van der Waals surface area contributed by atoms with E-state index in [-0.39, 0.29) is 18.2 Å². The van der Waals surface area contributed by atoms with E-state index in [9.17, 15) is 9.59 Å². The number of halogens is 1. The monoisotopic (exact) mass is 331 g/mol. The summed E-state index contributed by atoms with van der Waals surface area (Å²) in [5.41, 5.74) is 1.61. The van der Waals surface area contributed by atoms with Crippen molar-refractivity contribution in [2.24, 2.45) is 0 Å². The standard InChI is InChI=1S/C17H18ClN3O2/c1-12(22)21-16(13-5-7-14(18)8-6-13)10-17(23)20-11-15-4-2-3-9-19-15/h2-9,16H,10-11H2,1H3,(H,20,23)(H,21,22)/t16-/m0/s1. The van der Waals surface area contributed by atoms with Gasteiger partial charge in [0.05, 0.1) is 24.7 Å². The largest absolute Gasteiger partial charge is 0.350 e. The summed E-state index contributed by atoms with van der Waals surface area (Å²) in [5, 5.41) is 6.20. The van der Waals surface area contributed by atoms with Gasteiger partial charge in [-0.15, -0.1) is 0 Å². The molecule has 2 amide bonds. The summed E-state index contributed by atoms with van der Waals surface area (Å²) in [5.74, 6) is -0.355. The molecule has 0 aliphatic rings. The van der Waals surface area contributed by atoms with Crippen LogP contribution in [-0.2, 0) is 16.1 Å². The highest BCUT2D eigenvalue weighted by atomic mass is 35.5. The number of nitrogens with one attached hydrogen (secondary N) is 2. The molecule has 0 fully saturated rings. The van der Waals surface area contributed by atoms with Crippen molar-refractivity contribution in [2.45, 2.75) is 25.9 Å². The van der Waals surface area contributed by atoms with Gasteiger partial charge in [-0.25, -0.2) is 0 Å². The number of hydrogen-bond acceptors (Lipinski definition) is 3. The molecule has 2 N–H and O–H groups in total. The molecule has 0 saturated carbocycles. The van der Waals surface area contributed by atoms with Gasteiger partial charge in [-0.2, -0.15) is 0 Å². The lowest BCUT2D eigenvalue weighted by atomic mass is 10.0. The molecule has 0 aliphatic carbocycles. The van der Waals surface area contributed by atoms with Gasteiger partial charge in [-0.3, -0.25) is 14.6 Å². The molecule has 5 nitrogen and oxygen atoms in total. The Kier molecular flexibility index (Phi) is 6.11. The van der Waals surface area contributed by atoms with E-state index in [0.29, 0.717) is 11.6 Å². The zero-order valence-electron chi connectivity index (χ0n) is 12.8. The third-order valence-corrected chi connectivity index (χ3v) is 3.48. The van der Waals surface area contributed by atoms with Crippen LogP contribution in [0.2, 0.25) is 5.02 Å². The van der Waals surface area contributed by atoms with Crippen LogP contribution in [0, 0.1) is 0 Å². The van der Waals surface area contributed by atoms with Crippen molar-refractivity contribution in [3.8, 4) is 0 Å². The maximum Gasteiger partial charge on any atom is 0.222 e. The van der Waals surface area contributed by atoms with E-state index in [1.807, 2.05) is 18.2 Å². The molecular weight excluding hydrogens is 314 g/mol. The number of benzene rings is 1. The van der Waals surface area contributed by atoms with Crippen LogP contribution in [-0.4, -0.2) is 16.8 Å². The number of amides is 2. The summed E-state index contributed by atoms with van der Waals surface area (Å²) < 4.78 is 0. The quantitative estimate of drug-likeness (QED) is 0.854. The normalized spacial score (nSPS) is 11.6. The van der Waals surface area contributed by atoms with Crippen molar-refractivity contribution in [1.29, 1.82) is 0 Å². The summed E-state index contributed by atoms with van der Waals surface area (Å²) in [7, 11) is 0. The molecular formula is C17H18ClN3O2. The van der Waals surface area contributed by atoms with Crippen LogP contribution in [0.15, 0.2) is 48.7 Å². The van der Waals surface area contributed by atoms with Crippen LogP contribution in [0.5, 0.6) is 0 Å². The first-order valence-corrected chi connectivity index (χ1v) is 7.61. The first kappa shape index (κ1) is 17.0. The van der Waals surface area contributed by atoms with E-state index < -0.39 is 6.04 Å². The second kappa shape index (κ2) is 8.29. The lowest BCUT2D eigenvalue weighted by molar-refractivity contribution is -0.122. The molecule has 1 aromatic carbocycles. The Morgan fingerprint density at radius 2 is 1.91 bits per heavy atom. The molecule has 1 atom stereocenters. The van der Waals surface area contributed by atoms with Crippen molar-refractivity contribution in [3.63, 3.8) is 0 Å². The Bertz CT molecular complexity index is 659. The summed E-state index contributed by atoms with van der Waals surface area (Å²) in [4.78, 5) is 27.7. The lowest BCUT2D eigenvalue weighted by Crippen LogP contribution is -2.32. The number of carbonyl (C=O) groups excluding carboxylic acids is 2. The first-order chi connectivity index (χ1) is 11.0. The molecule has 1 heterocycles. The highest BCUT2D eigenvalue weighted by Gasteiger charge is 2.17. The van der Waals surface area contributed by atoms with E-state index in [1.165, 1.54) is 6.92 Å². The molecule has 0 aliphatic heterocycles. The van der Waals surface area contributed by atoms with Crippen LogP contribution >= 0.6 is 11.6 Å². The summed E-state index contributed by atoms with van der Waals surface area (Å²) in [6.45, 7) is 1.78. The molecule has 2 rings (SSSR count). The second-order valence-electron chi connectivity index (χ2n) is 5.11. The summed E-state index contributed by atoms with van der Waals surface area (Å²) in [6.07, 6.45) is 1.82. The zero-order chi connectivity index (χ0) is 16.7. The van der Waals surface area contributed by atoms with Gasteiger partial charge in [-0.05, 0) is 29.8 Å². The maximum absolute atomic E-state index is 12.1. The van der Waals surface area contributed by atoms with E-state index in [4.69, 9.17) is 11.6 Å². The highest BCUT2D eigenvalue weighted by molar-refractivity contribution is 6.30. The Labute approximate surface area is 140 Å². The molecule has 0 spiro atoms. The first-order valence-electron chi connectivity index (χ1n) is 7.24. The Hall–Kier alpha value is -2.40. The van der Waals surface area contributed by atoms with Crippen LogP contribution in [0.25, 0.3) is 0 Å². The fourth-order valence-electron chi connectivity index (χ4n) is 2.14. The highest BCUT2D eigenvalue weighted by Crippen LogP contribution is 2.19. The van der Waals surface area contributed by atoms with Gasteiger partial charge in [0.25, 0.3) is 0 Å². The molecule has 120 valence electrons. The number of rotatable bonds is 6. The molecule has 2 aromatic rings.